The minimum absolute atomic E-state index is 0.352. The standard InChI is InChI=1S/C16H25BrN2O/c1-12(18-3)13-5-6-15(14(17)11-13)19-9-4-7-16(2,20)8-10-19/h5-6,11-12,18,20H,4,7-10H2,1-3H3. The number of anilines is 1. The first-order valence-corrected chi connectivity index (χ1v) is 8.16. The fourth-order valence-electron chi connectivity index (χ4n) is 2.72. The summed E-state index contributed by atoms with van der Waals surface area (Å²) in [5.41, 5.74) is 2.00. The van der Waals surface area contributed by atoms with Gasteiger partial charge in [0.1, 0.15) is 0 Å². The van der Waals surface area contributed by atoms with Crippen LogP contribution < -0.4 is 10.2 Å². The van der Waals surface area contributed by atoms with Crippen LogP contribution in [0.4, 0.5) is 5.69 Å². The molecule has 0 aliphatic carbocycles. The van der Waals surface area contributed by atoms with Crippen LogP contribution in [0.25, 0.3) is 0 Å². The van der Waals surface area contributed by atoms with Crippen molar-refractivity contribution in [3.05, 3.63) is 28.2 Å². The normalized spacial score (nSPS) is 25.4. The van der Waals surface area contributed by atoms with Crippen molar-refractivity contribution in [2.75, 3.05) is 25.0 Å². The fraction of sp³-hybridized carbons (Fsp3) is 0.625. The summed E-state index contributed by atoms with van der Waals surface area (Å²) in [6, 6.07) is 6.92. The minimum Gasteiger partial charge on any atom is -0.390 e. The summed E-state index contributed by atoms with van der Waals surface area (Å²) >= 11 is 3.70. The highest BCUT2D eigenvalue weighted by Gasteiger charge is 2.25. The van der Waals surface area contributed by atoms with Crippen molar-refractivity contribution in [1.82, 2.24) is 5.32 Å². The van der Waals surface area contributed by atoms with Crippen molar-refractivity contribution < 1.29 is 5.11 Å². The molecular weight excluding hydrogens is 316 g/mol. The summed E-state index contributed by atoms with van der Waals surface area (Å²) in [4.78, 5) is 2.37. The molecule has 1 aliphatic rings. The summed E-state index contributed by atoms with van der Waals surface area (Å²) in [6.45, 7) is 6.02. The summed E-state index contributed by atoms with van der Waals surface area (Å²) in [6.07, 6.45) is 2.75. The van der Waals surface area contributed by atoms with Crippen LogP contribution in [-0.4, -0.2) is 30.8 Å². The molecule has 2 rings (SSSR count). The Labute approximate surface area is 130 Å². The molecule has 0 aromatic heterocycles. The second-order valence-electron chi connectivity index (χ2n) is 6.06. The number of nitrogens with zero attached hydrogens (tertiary/aromatic N) is 1. The van der Waals surface area contributed by atoms with Gasteiger partial charge < -0.3 is 15.3 Å². The van der Waals surface area contributed by atoms with Crippen LogP contribution in [-0.2, 0) is 0 Å². The van der Waals surface area contributed by atoms with Gasteiger partial charge in [-0.25, -0.2) is 0 Å². The zero-order valence-corrected chi connectivity index (χ0v) is 14.2. The van der Waals surface area contributed by atoms with Crippen molar-refractivity contribution in [3.8, 4) is 0 Å². The highest BCUT2D eigenvalue weighted by molar-refractivity contribution is 9.10. The van der Waals surface area contributed by atoms with Crippen molar-refractivity contribution >= 4 is 21.6 Å². The van der Waals surface area contributed by atoms with Crippen LogP contribution in [0.3, 0.4) is 0 Å². The second kappa shape index (κ2) is 6.46. The lowest BCUT2D eigenvalue weighted by Crippen LogP contribution is -2.28. The Balaban J connectivity index is 2.16. The third kappa shape index (κ3) is 3.74. The summed E-state index contributed by atoms with van der Waals surface area (Å²) in [5.74, 6) is 0. The molecule has 112 valence electrons. The Bertz CT molecular complexity index is 462. The van der Waals surface area contributed by atoms with E-state index >= 15 is 0 Å². The van der Waals surface area contributed by atoms with Crippen LogP contribution >= 0.6 is 15.9 Å². The summed E-state index contributed by atoms with van der Waals surface area (Å²) in [5, 5.41) is 13.5. The Kier molecular flexibility index (Phi) is 5.10. The highest BCUT2D eigenvalue weighted by atomic mass is 79.9. The second-order valence-corrected chi connectivity index (χ2v) is 6.91. The molecule has 0 bridgehead atoms. The zero-order chi connectivity index (χ0) is 14.8. The number of hydrogen-bond donors (Lipinski definition) is 2. The van der Waals surface area contributed by atoms with Crippen LogP contribution in [0.1, 0.15) is 44.7 Å². The van der Waals surface area contributed by atoms with Crippen molar-refractivity contribution in [2.45, 2.75) is 44.8 Å². The maximum absolute atomic E-state index is 10.2. The van der Waals surface area contributed by atoms with E-state index in [-0.39, 0.29) is 0 Å². The van der Waals surface area contributed by atoms with Gasteiger partial charge in [-0.05, 0) is 73.8 Å². The van der Waals surface area contributed by atoms with E-state index in [4.69, 9.17) is 0 Å². The van der Waals surface area contributed by atoms with Gasteiger partial charge in [-0.3, -0.25) is 0 Å². The molecule has 3 nitrogen and oxygen atoms in total. The van der Waals surface area contributed by atoms with E-state index in [2.05, 4.69) is 51.3 Å². The molecule has 1 heterocycles. The molecule has 1 aromatic rings. The number of aliphatic hydroxyl groups is 1. The summed E-state index contributed by atoms with van der Waals surface area (Å²) < 4.78 is 1.14. The van der Waals surface area contributed by atoms with Gasteiger partial charge in [-0.15, -0.1) is 0 Å². The van der Waals surface area contributed by atoms with Gasteiger partial charge in [0.15, 0.2) is 0 Å². The predicted molar refractivity (Wildman–Crippen MR) is 88.3 cm³/mol. The largest absolute Gasteiger partial charge is 0.390 e. The molecule has 1 aromatic carbocycles. The van der Waals surface area contributed by atoms with Gasteiger partial charge in [0.05, 0.1) is 11.3 Å². The van der Waals surface area contributed by atoms with E-state index in [9.17, 15) is 5.11 Å². The molecule has 1 saturated heterocycles. The Morgan fingerprint density at radius 1 is 1.35 bits per heavy atom. The van der Waals surface area contributed by atoms with Crippen LogP contribution in [0.5, 0.6) is 0 Å². The molecule has 1 fully saturated rings. The van der Waals surface area contributed by atoms with Gasteiger partial charge in [0.25, 0.3) is 0 Å². The van der Waals surface area contributed by atoms with E-state index in [0.717, 1.165) is 36.8 Å². The lowest BCUT2D eigenvalue weighted by atomic mass is 9.98. The molecule has 0 saturated carbocycles. The maximum atomic E-state index is 10.2. The van der Waals surface area contributed by atoms with Gasteiger partial charge in [-0.1, -0.05) is 6.07 Å². The molecule has 2 unspecified atom stereocenters. The number of hydrogen-bond acceptors (Lipinski definition) is 3. The average Bonchev–Trinajstić information content (AvgIpc) is 2.59. The lowest BCUT2D eigenvalue weighted by Gasteiger charge is -2.26. The Morgan fingerprint density at radius 3 is 2.75 bits per heavy atom. The number of nitrogens with one attached hydrogen (secondary N) is 1. The highest BCUT2D eigenvalue weighted by Crippen LogP contribution is 2.32. The number of benzene rings is 1. The molecule has 0 amide bonds. The van der Waals surface area contributed by atoms with Gasteiger partial charge >= 0.3 is 0 Å². The van der Waals surface area contributed by atoms with Crippen molar-refractivity contribution in [3.63, 3.8) is 0 Å². The molecule has 2 N–H and O–H groups in total. The summed E-state index contributed by atoms with van der Waals surface area (Å²) in [7, 11) is 1.98. The van der Waals surface area contributed by atoms with Crippen LogP contribution in [0.15, 0.2) is 22.7 Å². The van der Waals surface area contributed by atoms with E-state index in [1.165, 1.54) is 11.3 Å². The van der Waals surface area contributed by atoms with Crippen molar-refractivity contribution in [2.24, 2.45) is 0 Å². The third-order valence-corrected chi connectivity index (χ3v) is 4.94. The van der Waals surface area contributed by atoms with Crippen LogP contribution in [0.2, 0.25) is 0 Å². The topological polar surface area (TPSA) is 35.5 Å². The predicted octanol–water partition coefficient (Wildman–Crippen LogP) is 3.47. The molecule has 20 heavy (non-hydrogen) atoms. The lowest BCUT2D eigenvalue weighted by molar-refractivity contribution is 0.0481. The molecule has 1 aliphatic heterocycles. The average molecular weight is 341 g/mol. The Hall–Kier alpha value is -0.580. The van der Waals surface area contributed by atoms with Gasteiger partial charge in [-0.2, -0.15) is 0 Å². The van der Waals surface area contributed by atoms with Crippen LogP contribution in [0, 0.1) is 0 Å². The monoisotopic (exact) mass is 340 g/mol. The molecule has 4 heteroatoms. The van der Waals surface area contributed by atoms with E-state index in [0.29, 0.717) is 6.04 Å². The number of rotatable bonds is 3. The first-order chi connectivity index (χ1) is 9.43. The molecule has 0 radical (unpaired) electrons. The molecule has 2 atom stereocenters. The zero-order valence-electron chi connectivity index (χ0n) is 12.6. The fourth-order valence-corrected chi connectivity index (χ4v) is 3.37. The first-order valence-electron chi connectivity index (χ1n) is 7.37. The van der Waals surface area contributed by atoms with E-state index in [1.807, 2.05) is 14.0 Å². The van der Waals surface area contributed by atoms with E-state index in [1.54, 1.807) is 0 Å². The van der Waals surface area contributed by atoms with E-state index < -0.39 is 5.60 Å². The molecule has 0 spiro atoms. The smallest absolute Gasteiger partial charge is 0.0637 e. The SMILES string of the molecule is CNC(C)c1ccc(N2CCCC(C)(O)CC2)c(Br)c1. The molecular formula is C16H25BrN2O. The van der Waals surface area contributed by atoms with Gasteiger partial charge in [0.2, 0.25) is 0 Å². The minimum atomic E-state index is -0.512. The maximum Gasteiger partial charge on any atom is 0.0637 e. The first kappa shape index (κ1) is 15.8. The third-order valence-electron chi connectivity index (χ3n) is 4.31. The quantitative estimate of drug-likeness (QED) is 0.884. The number of halogens is 1. The van der Waals surface area contributed by atoms with Crippen molar-refractivity contribution in [1.29, 1.82) is 0 Å². The van der Waals surface area contributed by atoms with Gasteiger partial charge in [0, 0.05) is 23.6 Å². The Morgan fingerprint density at radius 2 is 2.10 bits per heavy atom.